The Kier molecular flexibility index (Phi) is 7.41. The second-order valence-corrected chi connectivity index (χ2v) is 5.33. The number of halogens is 2. The smallest absolute Gasteiger partial charge is 0.244 e. The van der Waals surface area contributed by atoms with Gasteiger partial charge < -0.3 is 15.8 Å². The summed E-state index contributed by atoms with van der Waals surface area (Å²) in [7, 11) is 1.58. The first-order chi connectivity index (χ1) is 8.40. The van der Waals surface area contributed by atoms with Crippen molar-refractivity contribution in [3.05, 3.63) is 22.7 Å². The maximum atomic E-state index is 12.0. The molecule has 0 aliphatic carbocycles. The van der Waals surface area contributed by atoms with Crippen LogP contribution in [0.2, 0.25) is 0 Å². The Hall–Kier alpha value is -0.780. The van der Waals surface area contributed by atoms with Crippen LogP contribution >= 0.6 is 28.3 Å². The van der Waals surface area contributed by atoms with Gasteiger partial charge in [-0.25, -0.2) is 0 Å². The van der Waals surface area contributed by atoms with Crippen LogP contribution in [0.25, 0.3) is 0 Å². The van der Waals surface area contributed by atoms with E-state index in [1.807, 2.05) is 13.0 Å². The predicted octanol–water partition coefficient (Wildman–Crippen LogP) is 3.34. The lowest BCUT2D eigenvalue weighted by Gasteiger charge is -2.23. The Morgan fingerprint density at radius 1 is 1.53 bits per heavy atom. The average molecular weight is 352 g/mol. The van der Waals surface area contributed by atoms with Gasteiger partial charge in [0.1, 0.15) is 5.75 Å². The van der Waals surface area contributed by atoms with Crippen LogP contribution in [-0.4, -0.2) is 18.6 Å². The fourth-order valence-electron chi connectivity index (χ4n) is 1.64. The van der Waals surface area contributed by atoms with E-state index in [1.165, 1.54) is 0 Å². The van der Waals surface area contributed by atoms with E-state index in [2.05, 4.69) is 21.2 Å². The van der Waals surface area contributed by atoms with E-state index in [4.69, 9.17) is 10.5 Å². The summed E-state index contributed by atoms with van der Waals surface area (Å²) in [5.41, 5.74) is 5.79. The van der Waals surface area contributed by atoms with Gasteiger partial charge in [-0.3, -0.25) is 4.79 Å². The van der Waals surface area contributed by atoms with Gasteiger partial charge in [-0.15, -0.1) is 12.4 Å². The largest absolute Gasteiger partial charge is 0.495 e. The first kappa shape index (κ1) is 18.2. The van der Waals surface area contributed by atoms with Crippen molar-refractivity contribution in [2.45, 2.75) is 32.2 Å². The quantitative estimate of drug-likeness (QED) is 0.855. The van der Waals surface area contributed by atoms with Crippen LogP contribution in [0.15, 0.2) is 22.7 Å². The van der Waals surface area contributed by atoms with Gasteiger partial charge >= 0.3 is 0 Å². The summed E-state index contributed by atoms with van der Waals surface area (Å²) in [6, 6.07) is 5.37. The summed E-state index contributed by atoms with van der Waals surface area (Å²) in [6.45, 7) is 3.74. The number of amides is 1. The molecule has 1 amide bonds. The maximum Gasteiger partial charge on any atom is 0.244 e. The molecule has 0 saturated carbocycles. The SMILES string of the molecule is CCCC(C)(N)C(=O)Nc1ccc(Br)c(OC)c1.Cl. The molecule has 1 atom stereocenters. The summed E-state index contributed by atoms with van der Waals surface area (Å²) in [6.07, 6.45) is 1.51. The number of rotatable bonds is 5. The number of methoxy groups -OCH3 is 1. The zero-order chi connectivity index (χ0) is 13.8. The molecule has 0 spiro atoms. The number of benzene rings is 1. The fourth-order valence-corrected chi connectivity index (χ4v) is 2.05. The number of hydrogen-bond donors (Lipinski definition) is 2. The molecule has 0 aliphatic rings. The monoisotopic (exact) mass is 350 g/mol. The van der Waals surface area contributed by atoms with Crippen molar-refractivity contribution in [3.8, 4) is 5.75 Å². The minimum Gasteiger partial charge on any atom is -0.495 e. The lowest BCUT2D eigenvalue weighted by molar-refractivity contribution is -0.120. The lowest BCUT2D eigenvalue weighted by atomic mass is 9.96. The number of nitrogens with one attached hydrogen (secondary N) is 1. The maximum absolute atomic E-state index is 12.0. The molecule has 1 aromatic rings. The highest BCUT2D eigenvalue weighted by Gasteiger charge is 2.27. The summed E-state index contributed by atoms with van der Waals surface area (Å²) in [5.74, 6) is 0.482. The second-order valence-electron chi connectivity index (χ2n) is 4.47. The van der Waals surface area contributed by atoms with Crippen molar-refractivity contribution in [1.29, 1.82) is 0 Å². The topological polar surface area (TPSA) is 64.4 Å². The second kappa shape index (κ2) is 7.72. The number of carbonyl (C=O) groups is 1. The van der Waals surface area contributed by atoms with Crippen molar-refractivity contribution in [3.63, 3.8) is 0 Å². The Morgan fingerprint density at radius 3 is 2.68 bits per heavy atom. The van der Waals surface area contributed by atoms with Crippen LogP contribution in [-0.2, 0) is 4.79 Å². The van der Waals surface area contributed by atoms with Gasteiger partial charge in [-0.05, 0) is 41.4 Å². The zero-order valence-electron chi connectivity index (χ0n) is 11.3. The third-order valence-corrected chi connectivity index (χ3v) is 3.35. The van der Waals surface area contributed by atoms with E-state index >= 15 is 0 Å². The number of ether oxygens (including phenoxy) is 1. The van der Waals surface area contributed by atoms with Gasteiger partial charge in [-0.1, -0.05) is 13.3 Å². The Balaban J connectivity index is 0.00000324. The van der Waals surface area contributed by atoms with Crippen LogP contribution in [0.3, 0.4) is 0 Å². The van der Waals surface area contributed by atoms with Crippen LogP contribution in [0.1, 0.15) is 26.7 Å². The van der Waals surface area contributed by atoms with E-state index in [0.29, 0.717) is 17.9 Å². The van der Waals surface area contributed by atoms with Crippen molar-refractivity contribution in [1.82, 2.24) is 0 Å². The fraction of sp³-hybridized carbons (Fsp3) is 0.462. The van der Waals surface area contributed by atoms with Gasteiger partial charge in [0.05, 0.1) is 17.1 Å². The summed E-state index contributed by atoms with van der Waals surface area (Å²) >= 11 is 3.36. The molecule has 0 heterocycles. The van der Waals surface area contributed by atoms with Gasteiger partial charge in [0.25, 0.3) is 0 Å². The number of anilines is 1. The summed E-state index contributed by atoms with van der Waals surface area (Å²) < 4.78 is 6.01. The van der Waals surface area contributed by atoms with E-state index in [-0.39, 0.29) is 18.3 Å². The summed E-state index contributed by atoms with van der Waals surface area (Å²) in [5, 5.41) is 2.80. The first-order valence-electron chi connectivity index (χ1n) is 5.84. The molecule has 4 nitrogen and oxygen atoms in total. The normalized spacial score (nSPS) is 13.1. The number of carbonyl (C=O) groups excluding carboxylic acids is 1. The lowest BCUT2D eigenvalue weighted by Crippen LogP contribution is -2.48. The number of nitrogens with two attached hydrogens (primary N) is 1. The van der Waals surface area contributed by atoms with Gasteiger partial charge in [-0.2, -0.15) is 0 Å². The zero-order valence-corrected chi connectivity index (χ0v) is 13.7. The van der Waals surface area contributed by atoms with E-state index in [9.17, 15) is 4.79 Å². The molecule has 19 heavy (non-hydrogen) atoms. The van der Waals surface area contributed by atoms with Gasteiger partial charge in [0, 0.05) is 11.8 Å². The summed E-state index contributed by atoms with van der Waals surface area (Å²) in [4.78, 5) is 12.0. The Morgan fingerprint density at radius 2 is 2.16 bits per heavy atom. The molecule has 0 aliphatic heterocycles. The Labute approximate surface area is 128 Å². The standard InChI is InChI=1S/C13H19BrN2O2.ClH/c1-4-7-13(2,15)12(17)16-9-5-6-10(14)11(8-9)18-3;/h5-6,8H,4,7,15H2,1-3H3,(H,16,17);1H. The average Bonchev–Trinajstić information content (AvgIpc) is 2.31. The van der Waals surface area contributed by atoms with Crippen molar-refractivity contribution < 1.29 is 9.53 Å². The van der Waals surface area contributed by atoms with Crippen LogP contribution < -0.4 is 15.8 Å². The van der Waals surface area contributed by atoms with Crippen LogP contribution in [0.5, 0.6) is 5.75 Å². The van der Waals surface area contributed by atoms with Crippen LogP contribution in [0, 0.1) is 0 Å². The molecule has 0 saturated heterocycles. The molecular formula is C13H20BrClN2O2. The molecule has 6 heteroatoms. The minimum absolute atomic E-state index is 0. The third kappa shape index (κ3) is 5.01. The molecule has 0 fully saturated rings. The molecule has 0 radical (unpaired) electrons. The third-order valence-electron chi connectivity index (χ3n) is 2.70. The molecule has 3 N–H and O–H groups in total. The highest BCUT2D eigenvalue weighted by atomic mass is 79.9. The molecule has 1 unspecified atom stereocenters. The minimum atomic E-state index is -0.852. The number of hydrogen-bond acceptors (Lipinski definition) is 3. The Bertz CT molecular complexity index is 439. The van der Waals surface area contributed by atoms with Crippen molar-refractivity contribution in [2.75, 3.05) is 12.4 Å². The molecule has 1 rings (SSSR count). The van der Waals surface area contributed by atoms with Crippen molar-refractivity contribution in [2.24, 2.45) is 5.73 Å². The molecule has 1 aromatic carbocycles. The highest BCUT2D eigenvalue weighted by molar-refractivity contribution is 9.10. The molecular weight excluding hydrogens is 332 g/mol. The van der Waals surface area contributed by atoms with Gasteiger partial charge in [0.15, 0.2) is 0 Å². The van der Waals surface area contributed by atoms with E-state index < -0.39 is 5.54 Å². The van der Waals surface area contributed by atoms with Crippen LogP contribution in [0.4, 0.5) is 5.69 Å². The van der Waals surface area contributed by atoms with Gasteiger partial charge in [0.2, 0.25) is 5.91 Å². The highest BCUT2D eigenvalue weighted by Crippen LogP contribution is 2.28. The van der Waals surface area contributed by atoms with Crippen molar-refractivity contribution >= 4 is 39.9 Å². The molecule has 0 bridgehead atoms. The molecule has 0 aromatic heterocycles. The van der Waals surface area contributed by atoms with E-state index in [1.54, 1.807) is 26.2 Å². The molecule has 108 valence electrons. The van der Waals surface area contributed by atoms with E-state index in [0.717, 1.165) is 10.9 Å². The predicted molar refractivity (Wildman–Crippen MR) is 84.1 cm³/mol. The first-order valence-corrected chi connectivity index (χ1v) is 6.64.